The highest BCUT2D eigenvalue weighted by molar-refractivity contribution is 7.89. The average molecular weight is 388 g/mol. The molecule has 9 nitrogen and oxygen atoms in total. The fourth-order valence-electron chi connectivity index (χ4n) is 2.72. The molecule has 0 aliphatic heterocycles. The van der Waals surface area contributed by atoms with E-state index < -0.39 is 15.8 Å². The van der Waals surface area contributed by atoms with Gasteiger partial charge in [-0.2, -0.15) is 5.10 Å². The zero-order valence-corrected chi connectivity index (χ0v) is 15.1. The van der Waals surface area contributed by atoms with E-state index in [1.165, 1.54) is 29.8 Å². The second kappa shape index (κ2) is 6.56. The molecular formula is C17H16N4O5S. The van der Waals surface area contributed by atoms with Crippen molar-refractivity contribution in [1.29, 1.82) is 0 Å². The van der Waals surface area contributed by atoms with Crippen molar-refractivity contribution >= 4 is 21.1 Å². The van der Waals surface area contributed by atoms with E-state index in [-0.39, 0.29) is 11.4 Å². The van der Waals surface area contributed by atoms with Gasteiger partial charge in [0.2, 0.25) is 10.0 Å². The molecule has 0 radical (unpaired) electrons. The molecule has 140 valence electrons. The number of oxazole rings is 1. The summed E-state index contributed by atoms with van der Waals surface area (Å²) in [6.45, 7) is 0.528. The Balaban J connectivity index is 1.46. The molecule has 0 saturated carbocycles. The van der Waals surface area contributed by atoms with Crippen molar-refractivity contribution in [2.75, 3.05) is 6.54 Å². The second-order valence-electron chi connectivity index (χ2n) is 5.96. The van der Waals surface area contributed by atoms with E-state index >= 15 is 0 Å². The number of aryl methyl sites for hydroxylation is 1. The summed E-state index contributed by atoms with van der Waals surface area (Å²) in [4.78, 5) is 11.6. The molecule has 3 aromatic heterocycles. The van der Waals surface area contributed by atoms with Crippen LogP contribution < -0.4 is 10.5 Å². The molecule has 0 unspecified atom stereocenters. The smallest absolute Gasteiger partial charge is 0.419 e. The number of fused-ring (bicyclic) bond motifs is 1. The summed E-state index contributed by atoms with van der Waals surface area (Å²) in [6, 6.07) is 6.10. The number of sulfonamides is 1. The van der Waals surface area contributed by atoms with Crippen molar-refractivity contribution in [2.24, 2.45) is 7.05 Å². The number of nitrogens with zero attached hydrogens (tertiary/aromatic N) is 3. The van der Waals surface area contributed by atoms with Crippen LogP contribution in [0.5, 0.6) is 0 Å². The Labute approximate surface area is 153 Å². The Bertz CT molecular complexity index is 1250. The van der Waals surface area contributed by atoms with Crippen molar-refractivity contribution in [3.8, 4) is 11.1 Å². The normalized spacial score (nSPS) is 12.0. The van der Waals surface area contributed by atoms with Gasteiger partial charge in [-0.05, 0) is 24.3 Å². The van der Waals surface area contributed by atoms with E-state index in [4.69, 9.17) is 8.83 Å². The minimum atomic E-state index is -3.73. The molecule has 1 aromatic carbocycles. The Morgan fingerprint density at radius 1 is 1.22 bits per heavy atom. The van der Waals surface area contributed by atoms with Crippen molar-refractivity contribution in [2.45, 2.75) is 11.4 Å². The van der Waals surface area contributed by atoms with Gasteiger partial charge in [0, 0.05) is 30.9 Å². The lowest BCUT2D eigenvalue weighted by atomic mass is 10.2. The second-order valence-corrected chi connectivity index (χ2v) is 7.73. The average Bonchev–Trinajstić information content (AvgIpc) is 3.36. The van der Waals surface area contributed by atoms with Crippen LogP contribution in [-0.4, -0.2) is 29.3 Å². The molecule has 0 bridgehead atoms. The zero-order valence-electron chi connectivity index (χ0n) is 14.3. The highest BCUT2D eigenvalue weighted by Crippen LogP contribution is 2.19. The topological polar surface area (TPSA) is 112 Å². The third-order valence-corrected chi connectivity index (χ3v) is 5.65. The zero-order chi connectivity index (χ0) is 19.0. The molecule has 4 aromatic rings. The van der Waals surface area contributed by atoms with E-state index in [9.17, 15) is 13.2 Å². The van der Waals surface area contributed by atoms with Gasteiger partial charge in [-0.1, -0.05) is 0 Å². The van der Waals surface area contributed by atoms with Crippen molar-refractivity contribution in [3.05, 3.63) is 59.7 Å². The summed E-state index contributed by atoms with van der Waals surface area (Å²) in [6.07, 6.45) is 6.69. The predicted molar refractivity (Wildman–Crippen MR) is 96.6 cm³/mol. The van der Waals surface area contributed by atoms with Gasteiger partial charge in [0.15, 0.2) is 5.58 Å². The molecule has 0 saturated heterocycles. The van der Waals surface area contributed by atoms with Crippen LogP contribution >= 0.6 is 0 Å². The summed E-state index contributed by atoms with van der Waals surface area (Å²) in [5.41, 5.74) is 2.54. The molecule has 0 atom stereocenters. The molecule has 3 heterocycles. The molecule has 0 aliphatic rings. The van der Waals surface area contributed by atoms with Crippen molar-refractivity contribution < 1.29 is 17.3 Å². The first-order valence-corrected chi connectivity index (χ1v) is 9.57. The molecule has 10 heteroatoms. The number of furan rings is 1. The van der Waals surface area contributed by atoms with Crippen molar-refractivity contribution in [3.63, 3.8) is 0 Å². The highest BCUT2D eigenvalue weighted by atomic mass is 32.2. The molecule has 0 fully saturated rings. The standard InChI is InChI=1S/C17H16N4O5S/c1-20-15-8-14(2-3-16(15)26-17(20)22)27(23,24)19-5-6-21-10-13(9-18-21)12-4-7-25-11-12/h2-4,7-11,19H,5-6H2,1H3. The first-order valence-electron chi connectivity index (χ1n) is 8.08. The maximum Gasteiger partial charge on any atom is 0.419 e. The van der Waals surface area contributed by atoms with Gasteiger partial charge in [0.1, 0.15) is 0 Å². The van der Waals surface area contributed by atoms with Crippen LogP contribution in [0.4, 0.5) is 0 Å². The Morgan fingerprint density at radius 2 is 2.07 bits per heavy atom. The fourth-order valence-corrected chi connectivity index (χ4v) is 3.76. The number of nitrogens with one attached hydrogen (secondary N) is 1. The third kappa shape index (κ3) is 3.32. The lowest BCUT2D eigenvalue weighted by Gasteiger charge is -2.07. The minimum Gasteiger partial charge on any atom is -0.472 e. The molecule has 1 N–H and O–H groups in total. The summed E-state index contributed by atoms with van der Waals surface area (Å²) >= 11 is 0. The van der Waals surface area contributed by atoms with Crippen LogP contribution in [0.25, 0.3) is 22.2 Å². The SMILES string of the molecule is Cn1c(=O)oc2ccc(S(=O)(=O)NCCn3cc(-c4ccoc4)cn3)cc21. The molecule has 4 rings (SSSR count). The monoisotopic (exact) mass is 388 g/mol. The van der Waals surface area contributed by atoms with E-state index in [0.29, 0.717) is 17.6 Å². The number of benzene rings is 1. The summed E-state index contributed by atoms with van der Waals surface area (Å²) < 4.78 is 40.5. The Hall–Kier alpha value is -3.11. The van der Waals surface area contributed by atoms with E-state index in [1.54, 1.807) is 23.4 Å². The number of hydrogen-bond acceptors (Lipinski definition) is 6. The van der Waals surface area contributed by atoms with E-state index in [0.717, 1.165) is 11.1 Å². The quantitative estimate of drug-likeness (QED) is 0.536. The highest BCUT2D eigenvalue weighted by Gasteiger charge is 2.16. The number of rotatable bonds is 6. The van der Waals surface area contributed by atoms with Crippen LogP contribution in [-0.2, 0) is 23.6 Å². The lowest BCUT2D eigenvalue weighted by molar-refractivity contribution is 0.528. The summed E-state index contributed by atoms with van der Waals surface area (Å²) in [5, 5.41) is 4.21. The molecular weight excluding hydrogens is 372 g/mol. The van der Waals surface area contributed by atoms with Gasteiger partial charge >= 0.3 is 5.76 Å². The Morgan fingerprint density at radius 3 is 2.85 bits per heavy atom. The lowest BCUT2D eigenvalue weighted by Crippen LogP contribution is -2.27. The molecule has 0 aliphatic carbocycles. The summed E-state index contributed by atoms with van der Waals surface area (Å²) in [5.74, 6) is -0.542. The Kier molecular flexibility index (Phi) is 4.21. The number of aromatic nitrogens is 3. The van der Waals surface area contributed by atoms with Crippen LogP contribution in [0.3, 0.4) is 0 Å². The van der Waals surface area contributed by atoms with Crippen LogP contribution in [0, 0.1) is 0 Å². The van der Waals surface area contributed by atoms with E-state index in [1.807, 2.05) is 12.3 Å². The third-order valence-electron chi connectivity index (χ3n) is 4.19. The van der Waals surface area contributed by atoms with Crippen LogP contribution in [0.2, 0.25) is 0 Å². The van der Waals surface area contributed by atoms with Gasteiger partial charge in [-0.15, -0.1) is 0 Å². The fraction of sp³-hybridized carbons (Fsp3) is 0.176. The molecule has 0 spiro atoms. The van der Waals surface area contributed by atoms with Gasteiger partial charge < -0.3 is 8.83 Å². The molecule has 0 amide bonds. The van der Waals surface area contributed by atoms with Crippen LogP contribution in [0.1, 0.15) is 0 Å². The van der Waals surface area contributed by atoms with Gasteiger partial charge in [-0.25, -0.2) is 17.9 Å². The van der Waals surface area contributed by atoms with Crippen LogP contribution in [0.15, 0.2) is 67.7 Å². The predicted octanol–water partition coefficient (Wildman–Crippen LogP) is 1.57. The van der Waals surface area contributed by atoms with Gasteiger partial charge in [-0.3, -0.25) is 9.25 Å². The van der Waals surface area contributed by atoms with Gasteiger partial charge in [0.25, 0.3) is 0 Å². The number of hydrogen-bond donors (Lipinski definition) is 1. The van der Waals surface area contributed by atoms with Gasteiger partial charge in [0.05, 0.1) is 35.7 Å². The largest absolute Gasteiger partial charge is 0.472 e. The first kappa shape index (κ1) is 17.3. The van der Waals surface area contributed by atoms with E-state index in [2.05, 4.69) is 9.82 Å². The molecule has 27 heavy (non-hydrogen) atoms. The minimum absolute atomic E-state index is 0.0611. The van der Waals surface area contributed by atoms with Crippen molar-refractivity contribution in [1.82, 2.24) is 19.1 Å². The maximum atomic E-state index is 12.5. The summed E-state index contributed by atoms with van der Waals surface area (Å²) in [7, 11) is -2.21. The maximum absolute atomic E-state index is 12.5. The first-order chi connectivity index (χ1) is 12.9.